The number of carbonyl (C=O) groups is 4. The second-order valence-corrected chi connectivity index (χ2v) is 9.08. The van der Waals surface area contributed by atoms with Gasteiger partial charge < -0.3 is 9.47 Å². The second-order valence-electron chi connectivity index (χ2n) is 9.08. The first-order valence-corrected chi connectivity index (χ1v) is 12.3. The molecule has 0 radical (unpaired) electrons. The van der Waals surface area contributed by atoms with Gasteiger partial charge in [0, 0.05) is 6.42 Å². The molecule has 192 valence electrons. The van der Waals surface area contributed by atoms with Gasteiger partial charge in [0.2, 0.25) is 11.8 Å². The summed E-state index contributed by atoms with van der Waals surface area (Å²) in [6.45, 7) is 3.99. The summed E-state index contributed by atoms with van der Waals surface area (Å²) >= 11 is 0. The number of nitrogens with zero attached hydrogens (tertiary/aromatic N) is 2. The molecule has 8 heteroatoms. The average Bonchev–Trinajstić information content (AvgIpc) is 3.45. The Hall–Kier alpha value is -4.20. The van der Waals surface area contributed by atoms with Crippen molar-refractivity contribution in [3.05, 3.63) is 96.6 Å². The highest BCUT2D eigenvalue weighted by atomic mass is 16.6. The van der Waals surface area contributed by atoms with Crippen molar-refractivity contribution in [2.75, 3.05) is 13.2 Å². The third kappa shape index (κ3) is 6.33. The van der Waals surface area contributed by atoms with Gasteiger partial charge in [0.15, 0.2) is 0 Å². The molecule has 2 aromatic carbocycles. The maximum Gasteiger partial charge on any atom is 0.417 e. The summed E-state index contributed by atoms with van der Waals surface area (Å²) in [5.74, 6) is -1.51. The molecule has 8 nitrogen and oxygen atoms in total. The molecule has 3 atom stereocenters. The summed E-state index contributed by atoms with van der Waals surface area (Å²) in [7, 11) is 0. The van der Waals surface area contributed by atoms with E-state index in [4.69, 9.17) is 9.47 Å². The minimum atomic E-state index is -0.695. The molecule has 2 fully saturated rings. The van der Waals surface area contributed by atoms with Crippen LogP contribution in [0.4, 0.5) is 9.59 Å². The highest BCUT2D eigenvalue weighted by Gasteiger charge is 2.40. The molecule has 0 aromatic heterocycles. The molecule has 0 aliphatic carbocycles. The molecule has 0 bridgehead atoms. The van der Waals surface area contributed by atoms with Gasteiger partial charge in [0.1, 0.15) is 13.2 Å². The quantitative estimate of drug-likeness (QED) is 0.450. The maximum atomic E-state index is 13.3. The number of imide groups is 2. The van der Waals surface area contributed by atoms with Crippen molar-refractivity contribution in [3.63, 3.8) is 0 Å². The monoisotopic (exact) mass is 502 g/mol. The minimum absolute atomic E-state index is 0.0841. The molecule has 0 unspecified atom stereocenters. The summed E-state index contributed by atoms with van der Waals surface area (Å²) < 4.78 is 10.3. The highest BCUT2D eigenvalue weighted by Crippen LogP contribution is 2.23. The molecule has 37 heavy (non-hydrogen) atoms. The standard InChI is InChI=1S/C29H30N2O6/c1-2-10-23(27(33)31-25(20-37-29(31)35)18-22-13-7-4-8-14-22)15-9-16-26(32)30-24(19-36-28(30)34)17-21-11-5-3-6-12-21/h2-9,11-15,23-25H,1,10,16-20H2/t23-,24-,25-/m0/s1. The van der Waals surface area contributed by atoms with E-state index in [0.717, 1.165) is 16.0 Å². The van der Waals surface area contributed by atoms with Crippen LogP contribution < -0.4 is 0 Å². The smallest absolute Gasteiger partial charge is 0.417 e. The molecule has 0 N–H and O–H groups in total. The average molecular weight is 503 g/mol. The van der Waals surface area contributed by atoms with E-state index >= 15 is 0 Å². The van der Waals surface area contributed by atoms with Crippen molar-refractivity contribution >= 4 is 24.0 Å². The first-order chi connectivity index (χ1) is 18.0. The molecular formula is C29H30N2O6. The van der Waals surface area contributed by atoms with Crippen molar-refractivity contribution in [3.8, 4) is 0 Å². The predicted octanol–water partition coefficient (Wildman–Crippen LogP) is 4.31. The van der Waals surface area contributed by atoms with E-state index in [2.05, 4.69) is 6.58 Å². The van der Waals surface area contributed by atoms with Gasteiger partial charge in [-0.3, -0.25) is 9.59 Å². The molecule has 2 aliphatic rings. The fraction of sp³-hybridized carbons (Fsp3) is 0.310. The molecule has 2 aromatic rings. The van der Waals surface area contributed by atoms with Crippen LogP contribution in [0.2, 0.25) is 0 Å². The van der Waals surface area contributed by atoms with Crippen LogP contribution in [-0.2, 0) is 31.9 Å². The third-order valence-electron chi connectivity index (χ3n) is 6.46. The topological polar surface area (TPSA) is 93.2 Å². The number of allylic oxidation sites excluding steroid dienone is 1. The maximum absolute atomic E-state index is 13.3. The number of amides is 4. The number of rotatable bonds is 10. The lowest BCUT2D eigenvalue weighted by Gasteiger charge is -2.23. The molecule has 2 aliphatic heterocycles. The first-order valence-electron chi connectivity index (χ1n) is 12.3. The second kappa shape index (κ2) is 12.2. The summed E-state index contributed by atoms with van der Waals surface area (Å²) in [6.07, 6.45) is 4.60. The highest BCUT2D eigenvalue weighted by molar-refractivity contribution is 5.96. The van der Waals surface area contributed by atoms with Crippen molar-refractivity contribution in [1.29, 1.82) is 0 Å². The minimum Gasteiger partial charge on any atom is -0.447 e. The van der Waals surface area contributed by atoms with E-state index in [1.807, 2.05) is 60.7 Å². The largest absolute Gasteiger partial charge is 0.447 e. The molecule has 0 saturated carbocycles. The number of ether oxygens (including phenoxy) is 2. The zero-order chi connectivity index (χ0) is 26.2. The zero-order valence-electron chi connectivity index (χ0n) is 20.5. The number of cyclic esters (lactones) is 2. The molecular weight excluding hydrogens is 472 g/mol. The Morgan fingerprint density at radius 1 is 0.865 bits per heavy atom. The molecule has 2 heterocycles. The van der Waals surface area contributed by atoms with E-state index < -0.39 is 36.0 Å². The lowest BCUT2D eigenvalue weighted by Crippen LogP contribution is -2.43. The fourth-order valence-electron chi connectivity index (χ4n) is 4.62. The number of hydrogen-bond donors (Lipinski definition) is 0. The van der Waals surface area contributed by atoms with Crippen LogP contribution in [0.15, 0.2) is 85.5 Å². The van der Waals surface area contributed by atoms with Crippen LogP contribution >= 0.6 is 0 Å². The lowest BCUT2D eigenvalue weighted by atomic mass is 10.00. The summed E-state index contributed by atoms with van der Waals surface area (Å²) in [5, 5.41) is 0. The van der Waals surface area contributed by atoms with Gasteiger partial charge >= 0.3 is 12.2 Å². The van der Waals surface area contributed by atoms with Gasteiger partial charge in [-0.2, -0.15) is 0 Å². The van der Waals surface area contributed by atoms with Crippen LogP contribution in [0.25, 0.3) is 0 Å². The Morgan fingerprint density at radius 2 is 1.38 bits per heavy atom. The van der Waals surface area contributed by atoms with Crippen molar-refractivity contribution in [2.24, 2.45) is 5.92 Å². The SMILES string of the molecule is C=CC[C@@H](C=CCC(=O)N1C(=O)OC[C@@H]1Cc1ccccc1)C(=O)N1C(=O)OC[C@@H]1Cc1ccccc1. The van der Waals surface area contributed by atoms with Gasteiger partial charge in [0.25, 0.3) is 0 Å². The van der Waals surface area contributed by atoms with Crippen LogP contribution in [0.5, 0.6) is 0 Å². The Balaban J connectivity index is 1.40. The fourth-order valence-corrected chi connectivity index (χ4v) is 4.62. The summed E-state index contributed by atoms with van der Waals surface area (Å²) in [5.41, 5.74) is 1.99. The van der Waals surface area contributed by atoms with Crippen molar-refractivity contribution in [2.45, 2.75) is 37.8 Å². The predicted molar refractivity (Wildman–Crippen MR) is 136 cm³/mol. The molecule has 4 amide bonds. The van der Waals surface area contributed by atoms with Gasteiger partial charge in [-0.15, -0.1) is 6.58 Å². The van der Waals surface area contributed by atoms with Gasteiger partial charge in [-0.1, -0.05) is 78.9 Å². The van der Waals surface area contributed by atoms with E-state index in [1.54, 1.807) is 18.2 Å². The Kier molecular flexibility index (Phi) is 8.51. The molecule has 2 saturated heterocycles. The summed E-state index contributed by atoms with van der Waals surface area (Å²) in [6, 6.07) is 18.4. The Morgan fingerprint density at radius 3 is 1.92 bits per heavy atom. The van der Waals surface area contributed by atoms with Gasteiger partial charge in [-0.25, -0.2) is 19.4 Å². The molecule has 0 spiro atoms. The lowest BCUT2D eigenvalue weighted by molar-refractivity contribution is -0.132. The van der Waals surface area contributed by atoms with Gasteiger partial charge in [-0.05, 0) is 30.4 Å². The van der Waals surface area contributed by atoms with Gasteiger partial charge in [0.05, 0.1) is 18.0 Å². The Labute approximate surface area is 216 Å². The van der Waals surface area contributed by atoms with Crippen LogP contribution in [-0.4, -0.2) is 59.1 Å². The summed E-state index contributed by atoms with van der Waals surface area (Å²) in [4.78, 5) is 53.2. The number of hydrogen-bond acceptors (Lipinski definition) is 6. The Bertz CT molecular complexity index is 1160. The zero-order valence-corrected chi connectivity index (χ0v) is 20.5. The number of benzene rings is 2. The van der Waals surface area contributed by atoms with Crippen LogP contribution in [0, 0.1) is 5.92 Å². The van der Waals surface area contributed by atoms with Crippen LogP contribution in [0.1, 0.15) is 24.0 Å². The van der Waals surface area contributed by atoms with Crippen molar-refractivity contribution in [1.82, 2.24) is 9.80 Å². The molecule has 4 rings (SSSR count). The van der Waals surface area contributed by atoms with Crippen LogP contribution in [0.3, 0.4) is 0 Å². The number of carbonyl (C=O) groups excluding carboxylic acids is 4. The van der Waals surface area contributed by atoms with E-state index in [0.29, 0.717) is 12.8 Å². The van der Waals surface area contributed by atoms with E-state index in [9.17, 15) is 19.2 Å². The van der Waals surface area contributed by atoms with E-state index in [1.165, 1.54) is 4.90 Å². The van der Waals surface area contributed by atoms with E-state index in [-0.39, 0.29) is 32.1 Å². The normalized spacial score (nSPS) is 20.1. The van der Waals surface area contributed by atoms with Crippen molar-refractivity contribution < 1.29 is 28.7 Å². The first kappa shape index (κ1) is 25.9. The third-order valence-corrected chi connectivity index (χ3v) is 6.46.